The fraction of sp³-hybridized carbons (Fsp3) is 1.00. The summed E-state index contributed by atoms with van der Waals surface area (Å²) in [5, 5.41) is 3.44. The molecule has 2 aliphatic heterocycles. The summed E-state index contributed by atoms with van der Waals surface area (Å²) < 4.78 is 5.60. The highest BCUT2D eigenvalue weighted by Gasteiger charge is 2.27. The number of piperidine rings is 1. The maximum absolute atomic E-state index is 5.60. The minimum Gasteiger partial charge on any atom is -0.380 e. The van der Waals surface area contributed by atoms with Crippen LogP contribution in [0.2, 0.25) is 0 Å². The van der Waals surface area contributed by atoms with Crippen LogP contribution in [0.4, 0.5) is 0 Å². The molecule has 1 atom stereocenters. The number of nitrogens with one attached hydrogen (secondary N) is 1. The van der Waals surface area contributed by atoms with Crippen molar-refractivity contribution in [2.24, 2.45) is 0 Å². The molecule has 3 nitrogen and oxygen atoms in total. The van der Waals surface area contributed by atoms with E-state index < -0.39 is 0 Å². The molecule has 1 unspecified atom stereocenters. The molecule has 15 heavy (non-hydrogen) atoms. The molecule has 0 spiro atoms. The van der Waals surface area contributed by atoms with E-state index in [9.17, 15) is 0 Å². The Labute approximate surface area is 93.2 Å². The first-order valence-electron chi connectivity index (χ1n) is 6.46. The van der Waals surface area contributed by atoms with Crippen LogP contribution in [0.25, 0.3) is 0 Å². The van der Waals surface area contributed by atoms with Gasteiger partial charge in [0, 0.05) is 18.7 Å². The van der Waals surface area contributed by atoms with Gasteiger partial charge in [-0.15, -0.1) is 0 Å². The minimum atomic E-state index is 0.687. The van der Waals surface area contributed by atoms with Crippen molar-refractivity contribution in [1.82, 2.24) is 10.2 Å². The van der Waals surface area contributed by atoms with Crippen LogP contribution >= 0.6 is 0 Å². The number of likely N-dealkylation sites (N-methyl/N-ethyl adjacent to an activating group) is 1. The van der Waals surface area contributed by atoms with Crippen LogP contribution in [0.1, 0.15) is 32.6 Å². The zero-order chi connectivity index (χ0) is 10.5. The summed E-state index contributed by atoms with van der Waals surface area (Å²) >= 11 is 0. The number of nitrogens with zero attached hydrogens (tertiary/aromatic N) is 1. The predicted molar refractivity (Wildman–Crippen MR) is 62.1 cm³/mol. The Balaban J connectivity index is 1.88. The molecule has 0 aromatic carbocycles. The van der Waals surface area contributed by atoms with Gasteiger partial charge in [0.05, 0.1) is 6.61 Å². The van der Waals surface area contributed by atoms with Crippen LogP contribution in [-0.2, 0) is 4.74 Å². The number of rotatable bonds is 3. The third-order valence-electron chi connectivity index (χ3n) is 3.75. The molecule has 2 heterocycles. The molecule has 0 aromatic rings. The van der Waals surface area contributed by atoms with E-state index in [1.165, 1.54) is 45.3 Å². The van der Waals surface area contributed by atoms with Crippen molar-refractivity contribution in [2.45, 2.75) is 44.7 Å². The van der Waals surface area contributed by atoms with E-state index in [1.54, 1.807) is 0 Å². The van der Waals surface area contributed by atoms with Gasteiger partial charge in [-0.1, -0.05) is 6.92 Å². The summed E-state index contributed by atoms with van der Waals surface area (Å²) in [6, 6.07) is 1.48. The molecule has 0 amide bonds. The van der Waals surface area contributed by atoms with Gasteiger partial charge in [-0.05, 0) is 45.3 Å². The van der Waals surface area contributed by atoms with E-state index in [-0.39, 0.29) is 0 Å². The maximum Gasteiger partial charge on any atom is 0.0621 e. The van der Waals surface area contributed by atoms with Gasteiger partial charge >= 0.3 is 0 Å². The van der Waals surface area contributed by atoms with E-state index in [1.807, 2.05) is 0 Å². The lowest BCUT2D eigenvalue weighted by Gasteiger charge is -2.40. The number of hydrogen-bond donors (Lipinski definition) is 1. The highest BCUT2D eigenvalue weighted by molar-refractivity contribution is 4.83. The summed E-state index contributed by atoms with van der Waals surface area (Å²) in [4.78, 5) is 2.68. The highest BCUT2D eigenvalue weighted by atomic mass is 16.5. The van der Waals surface area contributed by atoms with Crippen LogP contribution in [0.3, 0.4) is 0 Å². The Kier molecular flexibility index (Phi) is 4.42. The lowest BCUT2D eigenvalue weighted by molar-refractivity contribution is -0.00325. The van der Waals surface area contributed by atoms with E-state index in [4.69, 9.17) is 4.74 Å². The van der Waals surface area contributed by atoms with Crippen LogP contribution in [0.5, 0.6) is 0 Å². The first-order valence-corrected chi connectivity index (χ1v) is 6.46. The molecule has 1 N–H and O–H groups in total. The SMILES string of the molecule is CCN(C1CCNCC1)C1CCCOC1. The fourth-order valence-electron chi connectivity index (χ4n) is 2.94. The lowest BCUT2D eigenvalue weighted by Crippen LogP contribution is -2.50. The molecule has 2 saturated heterocycles. The van der Waals surface area contributed by atoms with Crippen molar-refractivity contribution >= 4 is 0 Å². The first kappa shape index (κ1) is 11.4. The normalized spacial score (nSPS) is 29.6. The molecule has 88 valence electrons. The highest BCUT2D eigenvalue weighted by Crippen LogP contribution is 2.20. The molecule has 3 heteroatoms. The van der Waals surface area contributed by atoms with Crippen molar-refractivity contribution in [3.05, 3.63) is 0 Å². The predicted octanol–water partition coefficient (Wildman–Crippen LogP) is 1.24. The van der Waals surface area contributed by atoms with Crippen molar-refractivity contribution in [1.29, 1.82) is 0 Å². The van der Waals surface area contributed by atoms with E-state index in [0.29, 0.717) is 6.04 Å². The van der Waals surface area contributed by atoms with Gasteiger partial charge in [0.25, 0.3) is 0 Å². The zero-order valence-electron chi connectivity index (χ0n) is 9.87. The van der Waals surface area contributed by atoms with E-state index >= 15 is 0 Å². The Morgan fingerprint density at radius 3 is 2.60 bits per heavy atom. The Hall–Kier alpha value is -0.120. The molecule has 0 radical (unpaired) electrons. The van der Waals surface area contributed by atoms with Crippen molar-refractivity contribution < 1.29 is 4.74 Å². The number of ether oxygens (including phenoxy) is 1. The molecular weight excluding hydrogens is 188 g/mol. The molecule has 2 rings (SSSR count). The van der Waals surface area contributed by atoms with Crippen LogP contribution in [-0.4, -0.2) is 49.8 Å². The molecule has 0 saturated carbocycles. The lowest BCUT2D eigenvalue weighted by atomic mass is 10.00. The van der Waals surface area contributed by atoms with Crippen LogP contribution in [0.15, 0.2) is 0 Å². The van der Waals surface area contributed by atoms with Gasteiger partial charge in [0.15, 0.2) is 0 Å². The summed E-state index contributed by atoms with van der Waals surface area (Å²) in [5.41, 5.74) is 0. The maximum atomic E-state index is 5.60. The monoisotopic (exact) mass is 212 g/mol. The molecule has 0 bridgehead atoms. The topological polar surface area (TPSA) is 24.5 Å². The first-order chi connectivity index (χ1) is 7.42. The van der Waals surface area contributed by atoms with Gasteiger partial charge in [-0.25, -0.2) is 0 Å². The second-order valence-electron chi connectivity index (χ2n) is 4.68. The summed E-state index contributed by atoms with van der Waals surface area (Å²) in [6.07, 6.45) is 5.19. The quantitative estimate of drug-likeness (QED) is 0.762. The smallest absolute Gasteiger partial charge is 0.0621 e. The van der Waals surface area contributed by atoms with E-state index in [0.717, 1.165) is 19.3 Å². The van der Waals surface area contributed by atoms with Crippen LogP contribution < -0.4 is 5.32 Å². The standard InChI is InChI=1S/C12H24N2O/c1-2-14(11-5-7-13-8-6-11)12-4-3-9-15-10-12/h11-13H,2-10H2,1H3. The van der Waals surface area contributed by atoms with Crippen molar-refractivity contribution in [3.63, 3.8) is 0 Å². The molecule has 2 fully saturated rings. The van der Waals surface area contributed by atoms with Gasteiger partial charge in [0.2, 0.25) is 0 Å². The van der Waals surface area contributed by atoms with Gasteiger partial charge < -0.3 is 10.1 Å². The van der Waals surface area contributed by atoms with Gasteiger partial charge in [-0.3, -0.25) is 4.90 Å². The number of hydrogen-bond acceptors (Lipinski definition) is 3. The fourth-order valence-corrected chi connectivity index (χ4v) is 2.94. The summed E-state index contributed by atoms with van der Waals surface area (Å²) in [6.45, 7) is 7.77. The average molecular weight is 212 g/mol. The largest absolute Gasteiger partial charge is 0.380 e. The minimum absolute atomic E-state index is 0.687. The van der Waals surface area contributed by atoms with E-state index in [2.05, 4.69) is 17.1 Å². The molecule has 2 aliphatic rings. The van der Waals surface area contributed by atoms with Gasteiger partial charge in [-0.2, -0.15) is 0 Å². The Morgan fingerprint density at radius 2 is 2.00 bits per heavy atom. The summed E-state index contributed by atoms with van der Waals surface area (Å²) in [7, 11) is 0. The Bertz CT molecular complexity index is 156. The zero-order valence-corrected chi connectivity index (χ0v) is 9.87. The molecule has 0 aliphatic carbocycles. The third-order valence-corrected chi connectivity index (χ3v) is 3.75. The van der Waals surface area contributed by atoms with Gasteiger partial charge in [0.1, 0.15) is 0 Å². The second kappa shape index (κ2) is 5.83. The Morgan fingerprint density at radius 1 is 1.20 bits per heavy atom. The molecular formula is C12H24N2O. The average Bonchev–Trinajstić information content (AvgIpc) is 2.33. The van der Waals surface area contributed by atoms with Crippen molar-refractivity contribution in [3.8, 4) is 0 Å². The van der Waals surface area contributed by atoms with Crippen LogP contribution in [0, 0.1) is 0 Å². The second-order valence-corrected chi connectivity index (χ2v) is 4.68. The summed E-state index contributed by atoms with van der Waals surface area (Å²) in [5.74, 6) is 0. The third kappa shape index (κ3) is 2.92. The van der Waals surface area contributed by atoms with Crippen molar-refractivity contribution in [2.75, 3.05) is 32.8 Å². The molecule has 0 aromatic heterocycles.